The molecule has 1 aromatic carbocycles. The molecule has 0 unspecified atom stereocenters. The van der Waals surface area contributed by atoms with Crippen LogP contribution in [0.1, 0.15) is 23.9 Å². The van der Waals surface area contributed by atoms with Crippen molar-refractivity contribution in [2.24, 2.45) is 0 Å². The second kappa shape index (κ2) is 6.32. The lowest BCUT2D eigenvalue weighted by atomic mass is 10.2. The summed E-state index contributed by atoms with van der Waals surface area (Å²) in [5, 5.41) is 3.17. The summed E-state index contributed by atoms with van der Waals surface area (Å²) in [7, 11) is 0. The average Bonchev–Trinajstić information content (AvgIpc) is 2.43. The lowest BCUT2D eigenvalue weighted by Gasteiger charge is -2.10. The van der Waals surface area contributed by atoms with Gasteiger partial charge >= 0.3 is 0 Å². The predicted octanol–water partition coefficient (Wildman–Crippen LogP) is 3.24. The molecule has 0 atom stereocenters. The Kier molecular flexibility index (Phi) is 4.50. The molecule has 0 aliphatic rings. The summed E-state index contributed by atoms with van der Waals surface area (Å²) >= 11 is 0. The fourth-order valence-electron chi connectivity index (χ4n) is 1.82. The highest BCUT2D eigenvalue weighted by molar-refractivity contribution is 5.41. The van der Waals surface area contributed by atoms with Gasteiger partial charge in [-0.3, -0.25) is 4.98 Å². The van der Waals surface area contributed by atoms with Gasteiger partial charge in [0.25, 0.3) is 0 Å². The molecule has 4 nitrogen and oxygen atoms in total. The van der Waals surface area contributed by atoms with E-state index >= 15 is 0 Å². The number of benzene rings is 1. The van der Waals surface area contributed by atoms with Gasteiger partial charge in [0.2, 0.25) is 0 Å². The second-order valence-corrected chi connectivity index (χ2v) is 4.50. The first-order chi connectivity index (χ1) is 9.60. The number of rotatable bonds is 5. The van der Waals surface area contributed by atoms with Crippen LogP contribution in [0.25, 0.3) is 0 Å². The van der Waals surface area contributed by atoms with E-state index in [4.69, 9.17) is 4.74 Å². The third-order valence-electron chi connectivity index (χ3n) is 2.83. The number of aryl methyl sites for hydroxylation is 2. The molecule has 2 aromatic rings. The van der Waals surface area contributed by atoms with Crippen LogP contribution in [0.4, 0.5) is 10.2 Å². The number of hydrogen-bond donors (Lipinski definition) is 1. The van der Waals surface area contributed by atoms with E-state index in [-0.39, 0.29) is 11.6 Å². The molecule has 0 saturated heterocycles. The van der Waals surface area contributed by atoms with Gasteiger partial charge in [-0.1, -0.05) is 6.07 Å². The summed E-state index contributed by atoms with van der Waals surface area (Å²) < 4.78 is 18.9. The maximum Gasteiger partial charge on any atom is 0.165 e. The van der Waals surface area contributed by atoms with E-state index in [1.165, 1.54) is 6.07 Å². The fourth-order valence-corrected chi connectivity index (χ4v) is 1.82. The molecule has 0 aliphatic carbocycles. The standard InChI is InChI=1S/C15H18FN3O/c1-4-20-14-6-5-12(7-13(14)16)9-18-15-11(3)17-8-10(2)19-15/h5-8H,4,9H2,1-3H3,(H,18,19). The summed E-state index contributed by atoms with van der Waals surface area (Å²) in [6.45, 7) is 6.53. The SMILES string of the molecule is CCOc1ccc(CNc2nc(C)cnc2C)cc1F. The van der Waals surface area contributed by atoms with Crippen LogP contribution in [0.15, 0.2) is 24.4 Å². The number of nitrogens with one attached hydrogen (secondary N) is 1. The summed E-state index contributed by atoms with van der Waals surface area (Å²) in [4.78, 5) is 8.59. The molecule has 0 bridgehead atoms. The Morgan fingerprint density at radius 2 is 2.10 bits per heavy atom. The van der Waals surface area contributed by atoms with Crippen LogP contribution < -0.4 is 10.1 Å². The van der Waals surface area contributed by atoms with Gasteiger partial charge in [0.15, 0.2) is 11.6 Å². The van der Waals surface area contributed by atoms with E-state index in [0.29, 0.717) is 13.2 Å². The number of nitrogens with zero attached hydrogens (tertiary/aromatic N) is 2. The summed E-state index contributed by atoms with van der Waals surface area (Å²) in [6, 6.07) is 4.95. The lowest BCUT2D eigenvalue weighted by Crippen LogP contribution is -2.06. The van der Waals surface area contributed by atoms with E-state index in [1.54, 1.807) is 12.3 Å². The molecule has 0 spiro atoms. The van der Waals surface area contributed by atoms with Gasteiger partial charge in [-0.2, -0.15) is 0 Å². The molecule has 0 aliphatic heterocycles. The zero-order chi connectivity index (χ0) is 14.5. The van der Waals surface area contributed by atoms with Crippen LogP contribution in [0.3, 0.4) is 0 Å². The van der Waals surface area contributed by atoms with Gasteiger partial charge in [-0.15, -0.1) is 0 Å². The number of ether oxygens (including phenoxy) is 1. The minimum absolute atomic E-state index is 0.280. The summed E-state index contributed by atoms with van der Waals surface area (Å²) in [5.74, 6) is 0.653. The molecule has 0 fully saturated rings. The maximum atomic E-state index is 13.7. The minimum atomic E-state index is -0.349. The lowest BCUT2D eigenvalue weighted by molar-refractivity contribution is 0.321. The molecule has 0 amide bonds. The molecule has 2 rings (SSSR count). The Hall–Kier alpha value is -2.17. The van der Waals surface area contributed by atoms with Crippen molar-refractivity contribution in [2.45, 2.75) is 27.3 Å². The van der Waals surface area contributed by atoms with E-state index in [9.17, 15) is 4.39 Å². The first-order valence-electron chi connectivity index (χ1n) is 6.55. The minimum Gasteiger partial charge on any atom is -0.491 e. The smallest absolute Gasteiger partial charge is 0.165 e. The molecule has 0 saturated carbocycles. The van der Waals surface area contributed by atoms with E-state index < -0.39 is 0 Å². The number of aromatic nitrogens is 2. The van der Waals surface area contributed by atoms with Crippen molar-refractivity contribution >= 4 is 5.82 Å². The first-order valence-corrected chi connectivity index (χ1v) is 6.55. The van der Waals surface area contributed by atoms with Crippen molar-refractivity contribution in [3.63, 3.8) is 0 Å². The Labute approximate surface area is 118 Å². The van der Waals surface area contributed by atoms with Crippen molar-refractivity contribution in [2.75, 3.05) is 11.9 Å². The van der Waals surface area contributed by atoms with Crippen LogP contribution in [0, 0.1) is 19.7 Å². The van der Waals surface area contributed by atoms with Gasteiger partial charge in [-0.25, -0.2) is 9.37 Å². The van der Waals surface area contributed by atoms with Gasteiger partial charge in [0, 0.05) is 12.7 Å². The molecule has 0 radical (unpaired) electrons. The zero-order valence-electron chi connectivity index (χ0n) is 11.9. The molecule has 1 heterocycles. The van der Waals surface area contributed by atoms with Gasteiger partial charge in [-0.05, 0) is 38.5 Å². The molecular formula is C15H18FN3O. The molecule has 1 N–H and O–H groups in total. The average molecular weight is 275 g/mol. The Morgan fingerprint density at radius 1 is 1.30 bits per heavy atom. The molecule has 1 aromatic heterocycles. The predicted molar refractivity (Wildman–Crippen MR) is 76.4 cm³/mol. The quantitative estimate of drug-likeness (QED) is 0.910. The van der Waals surface area contributed by atoms with Crippen LogP contribution in [-0.2, 0) is 6.54 Å². The van der Waals surface area contributed by atoms with Crippen molar-refractivity contribution in [3.8, 4) is 5.75 Å². The topological polar surface area (TPSA) is 47.0 Å². The van der Waals surface area contributed by atoms with Crippen molar-refractivity contribution in [1.29, 1.82) is 0 Å². The maximum absolute atomic E-state index is 13.7. The summed E-state index contributed by atoms with van der Waals surface area (Å²) in [5.41, 5.74) is 2.49. The number of anilines is 1. The first kappa shape index (κ1) is 14.2. The highest BCUT2D eigenvalue weighted by atomic mass is 19.1. The third-order valence-corrected chi connectivity index (χ3v) is 2.83. The van der Waals surface area contributed by atoms with Gasteiger partial charge in [0.1, 0.15) is 5.82 Å². The normalized spacial score (nSPS) is 10.4. The zero-order valence-corrected chi connectivity index (χ0v) is 11.9. The molecule has 20 heavy (non-hydrogen) atoms. The van der Waals surface area contributed by atoms with Gasteiger partial charge in [0.05, 0.1) is 18.0 Å². The van der Waals surface area contributed by atoms with E-state index in [2.05, 4.69) is 15.3 Å². The van der Waals surface area contributed by atoms with Crippen LogP contribution >= 0.6 is 0 Å². The highest BCUT2D eigenvalue weighted by Crippen LogP contribution is 2.19. The van der Waals surface area contributed by atoms with E-state index in [0.717, 1.165) is 22.8 Å². The number of halogens is 1. The highest BCUT2D eigenvalue weighted by Gasteiger charge is 2.06. The number of hydrogen-bond acceptors (Lipinski definition) is 4. The largest absolute Gasteiger partial charge is 0.491 e. The van der Waals surface area contributed by atoms with Crippen LogP contribution in [0.2, 0.25) is 0 Å². The third kappa shape index (κ3) is 3.44. The molecule has 5 heteroatoms. The Morgan fingerprint density at radius 3 is 2.80 bits per heavy atom. The molecular weight excluding hydrogens is 257 g/mol. The van der Waals surface area contributed by atoms with Gasteiger partial charge < -0.3 is 10.1 Å². The van der Waals surface area contributed by atoms with E-state index in [1.807, 2.05) is 26.8 Å². The fraction of sp³-hybridized carbons (Fsp3) is 0.333. The Balaban J connectivity index is 2.07. The van der Waals surface area contributed by atoms with Crippen molar-refractivity contribution in [3.05, 3.63) is 47.2 Å². The van der Waals surface area contributed by atoms with Crippen molar-refractivity contribution < 1.29 is 9.13 Å². The van der Waals surface area contributed by atoms with Crippen molar-refractivity contribution in [1.82, 2.24) is 9.97 Å². The van der Waals surface area contributed by atoms with Crippen LogP contribution in [-0.4, -0.2) is 16.6 Å². The monoisotopic (exact) mass is 275 g/mol. The Bertz CT molecular complexity index is 602. The molecule has 106 valence electrons. The summed E-state index contributed by atoms with van der Waals surface area (Å²) in [6.07, 6.45) is 1.72. The second-order valence-electron chi connectivity index (χ2n) is 4.50. The van der Waals surface area contributed by atoms with Crippen LogP contribution in [0.5, 0.6) is 5.75 Å².